The number of aliphatic imine (C=N–C) groups is 1. The minimum Gasteiger partial charge on any atom is -0.477 e. The van der Waals surface area contributed by atoms with E-state index in [9.17, 15) is 19.8 Å². The van der Waals surface area contributed by atoms with Crippen LogP contribution in [0.3, 0.4) is 0 Å². The van der Waals surface area contributed by atoms with E-state index in [2.05, 4.69) is 10.3 Å². The molecule has 3 N–H and O–H groups in total. The highest BCUT2D eigenvalue weighted by Crippen LogP contribution is 2.45. The monoisotopic (exact) mass is 383 g/mol. The van der Waals surface area contributed by atoms with Crippen LogP contribution < -0.4 is 5.32 Å². The highest BCUT2D eigenvalue weighted by molar-refractivity contribution is 7.99. The maximum Gasteiger partial charge on any atom is 0.352 e. The fraction of sp³-hybridized carbons (Fsp3) is 0.706. The molecule has 1 fully saturated rings. The summed E-state index contributed by atoms with van der Waals surface area (Å²) < 4.78 is 5.02. The lowest BCUT2D eigenvalue weighted by Crippen LogP contribution is -2.61. The van der Waals surface area contributed by atoms with Crippen molar-refractivity contribution in [2.24, 2.45) is 10.9 Å². The van der Waals surface area contributed by atoms with Crippen LogP contribution in [-0.2, 0) is 14.3 Å². The first kappa shape index (κ1) is 19.2. The van der Waals surface area contributed by atoms with Crippen molar-refractivity contribution >= 4 is 29.5 Å². The van der Waals surface area contributed by atoms with Crippen molar-refractivity contribution in [3.05, 3.63) is 11.3 Å². The van der Waals surface area contributed by atoms with Crippen molar-refractivity contribution in [2.75, 3.05) is 31.8 Å². The number of thioether (sulfide) groups is 1. The van der Waals surface area contributed by atoms with Crippen molar-refractivity contribution in [2.45, 2.75) is 38.0 Å². The zero-order chi connectivity index (χ0) is 18.8. The van der Waals surface area contributed by atoms with Crippen LogP contribution in [0.15, 0.2) is 16.3 Å². The second-order valence-electron chi connectivity index (χ2n) is 6.86. The summed E-state index contributed by atoms with van der Waals surface area (Å²) >= 11 is 1.73. The number of hydrogen-bond acceptors (Lipinski definition) is 7. The van der Waals surface area contributed by atoms with Crippen LogP contribution >= 0.6 is 11.8 Å². The van der Waals surface area contributed by atoms with Crippen LogP contribution in [-0.4, -0.2) is 82.8 Å². The van der Waals surface area contributed by atoms with Gasteiger partial charge in [-0.15, -0.1) is 0 Å². The molecule has 0 unspecified atom stereocenters. The number of amides is 1. The zero-order valence-electron chi connectivity index (χ0n) is 15.0. The predicted molar refractivity (Wildman–Crippen MR) is 98.1 cm³/mol. The second kappa shape index (κ2) is 7.98. The third kappa shape index (κ3) is 3.60. The standard InChI is InChI=1S/C17H25N3O5S/c1-9(21)14-12-6-10(15(17(23)24)20(12)16(14)22)5-11-7-18-13(19-11)8-26-4-3-25-2/h9,11-12,14,21H,3-8H2,1-2H3,(H,18,19)(H,23,24)/t9-,11-,12-,14-/m1/s1. The molecule has 0 spiro atoms. The van der Waals surface area contributed by atoms with E-state index in [0.29, 0.717) is 26.0 Å². The number of rotatable bonds is 9. The SMILES string of the molecule is COCCSCC1=N[C@H](CC2=C(C(=O)O)N3C(=O)[C@H]([C@@H](C)O)[C@H]3C2)CN1. The smallest absolute Gasteiger partial charge is 0.352 e. The van der Waals surface area contributed by atoms with E-state index in [4.69, 9.17) is 4.74 Å². The highest BCUT2D eigenvalue weighted by atomic mass is 32.2. The molecular formula is C17H25N3O5S. The lowest BCUT2D eigenvalue weighted by molar-refractivity contribution is -0.161. The van der Waals surface area contributed by atoms with Gasteiger partial charge >= 0.3 is 5.97 Å². The molecule has 0 aromatic heterocycles. The Morgan fingerprint density at radius 1 is 1.54 bits per heavy atom. The maximum atomic E-state index is 12.2. The summed E-state index contributed by atoms with van der Waals surface area (Å²) in [5.74, 6) is 0.732. The molecule has 0 aromatic rings. The van der Waals surface area contributed by atoms with Gasteiger partial charge in [0.25, 0.3) is 0 Å². The molecule has 8 nitrogen and oxygen atoms in total. The van der Waals surface area contributed by atoms with Gasteiger partial charge in [0.2, 0.25) is 5.91 Å². The number of amidine groups is 1. The first-order chi connectivity index (χ1) is 12.4. The molecule has 144 valence electrons. The molecule has 1 saturated heterocycles. The lowest BCUT2D eigenvalue weighted by atomic mass is 9.82. The topological polar surface area (TPSA) is 111 Å². The number of carbonyl (C=O) groups is 2. The Morgan fingerprint density at radius 3 is 2.96 bits per heavy atom. The van der Waals surface area contributed by atoms with Crippen molar-refractivity contribution in [1.29, 1.82) is 0 Å². The van der Waals surface area contributed by atoms with Gasteiger partial charge in [0.15, 0.2) is 0 Å². The number of nitrogens with one attached hydrogen (secondary N) is 1. The van der Waals surface area contributed by atoms with E-state index in [0.717, 1.165) is 22.9 Å². The normalized spacial score (nSPS) is 28.6. The van der Waals surface area contributed by atoms with E-state index in [1.807, 2.05) is 0 Å². The Kier molecular flexibility index (Phi) is 5.89. The summed E-state index contributed by atoms with van der Waals surface area (Å²) in [5.41, 5.74) is 0.845. The number of methoxy groups -OCH3 is 1. The number of aliphatic hydroxyl groups excluding tert-OH is 1. The average molecular weight is 383 g/mol. The largest absolute Gasteiger partial charge is 0.477 e. The number of aliphatic hydroxyl groups is 1. The van der Waals surface area contributed by atoms with Gasteiger partial charge in [-0.2, -0.15) is 11.8 Å². The number of hydrogen-bond donors (Lipinski definition) is 3. The van der Waals surface area contributed by atoms with Crippen LogP contribution in [0.25, 0.3) is 0 Å². The number of nitrogens with zero attached hydrogens (tertiary/aromatic N) is 2. The Hall–Kier alpha value is -1.58. The summed E-state index contributed by atoms with van der Waals surface area (Å²) in [6.45, 7) is 2.96. The first-order valence-electron chi connectivity index (χ1n) is 8.77. The van der Waals surface area contributed by atoms with E-state index in [1.165, 1.54) is 4.90 Å². The van der Waals surface area contributed by atoms with Gasteiger partial charge < -0.3 is 25.2 Å². The second-order valence-corrected chi connectivity index (χ2v) is 7.97. The number of β-lactam (4-membered cyclic amide) rings is 1. The van der Waals surface area contributed by atoms with Gasteiger partial charge in [-0.05, 0) is 25.3 Å². The molecule has 1 amide bonds. The van der Waals surface area contributed by atoms with Gasteiger partial charge in [0, 0.05) is 19.4 Å². The third-order valence-corrected chi connectivity index (χ3v) is 5.99. The van der Waals surface area contributed by atoms with Gasteiger partial charge in [0.05, 0.1) is 36.5 Å². The molecule has 3 aliphatic rings. The molecule has 0 radical (unpaired) electrons. The molecule has 0 aromatic carbocycles. The fourth-order valence-corrected chi connectivity index (χ4v) is 4.69. The lowest BCUT2D eigenvalue weighted by Gasteiger charge is -2.44. The quantitative estimate of drug-likeness (QED) is 0.382. The Bertz CT molecular complexity index is 648. The number of carboxylic acids is 1. The molecule has 9 heteroatoms. The van der Waals surface area contributed by atoms with Gasteiger partial charge in [-0.1, -0.05) is 0 Å². The molecule has 26 heavy (non-hydrogen) atoms. The molecule has 0 aliphatic carbocycles. The van der Waals surface area contributed by atoms with Crippen LogP contribution in [0.4, 0.5) is 0 Å². The van der Waals surface area contributed by atoms with E-state index in [1.54, 1.807) is 25.8 Å². The summed E-state index contributed by atoms with van der Waals surface area (Å²) in [5, 5.41) is 22.6. The molecule has 3 heterocycles. The van der Waals surface area contributed by atoms with E-state index in [-0.39, 0.29) is 23.7 Å². The number of ether oxygens (including phenoxy) is 1. The van der Waals surface area contributed by atoms with E-state index >= 15 is 0 Å². The molecule has 3 aliphatic heterocycles. The zero-order valence-corrected chi connectivity index (χ0v) is 15.8. The van der Waals surface area contributed by atoms with Crippen molar-refractivity contribution < 1.29 is 24.5 Å². The average Bonchev–Trinajstić information content (AvgIpc) is 3.14. The van der Waals surface area contributed by atoms with Crippen LogP contribution in [0, 0.1) is 5.92 Å². The molecule has 4 atom stereocenters. The van der Waals surface area contributed by atoms with Crippen molar-refractivity contribution in [3.8, 4) is 0 Å². The van der Waals surface area contributed by atoms with Crippen LogP contribution in [0.2, 0.25) is 0 Å². The molecule has 0 saturated carbocycles. The summed E-state index contributed by atoms with van der Waals surface area (Å²) in [6.07, 6.45) is 0.264. The van der Waals surface area contributed by atoms with Crippen LogP contribution in [0.5, 0.6) is 0 Å². The molecular weight excluding hydrogens is 358 g/mol. The third-order valence-electron chi connectivity index (χ3n) is 5.06. The van der Waals surface area contributed by atoms with Crippen molar-refractivity contribution in [3.63, 3.8) is 0 Å². The molecule has 3 rings (SSSR count). The summed E-state index contributed by atoms with van der Waals surface area (Å²) in [4.78, 5) is 29.9. The predicted octanol–water partition coefficient (Wildman–Crippen LogP) is 0.0766. The minimum atomic E-state index is -1.08. The first-order valence-corrected chi connectivity index (χ1v) is 9.93. The number of carbonyl (C=O) groups excluding carboxylic acids is 1. The summed E-state index contributed by atoms with van der Waals surface area (Å²) in [6, 6.07) is -0.248. The van der Waals surface area contributed by atoms with Gasteiger partial charge in [-0.3, -0.25) is 9.79 Å². The van der Waals surface area contributed by atoms with E-state index < -0.39 is 18.0 Å². The number of fused-ring (bicyclic) bond motifs is 1. The number of carboxylic acid groups (broad SMARTS) is 1. The summed E-state index contributed by atoms with van der Waals surface area (Å²) in [7, 11) is 1.67. The van der Waals surface area contributed by atoms with Gasteiger partial charge in [-0.25, -0.2) is 4.79 Å². The number of aliphatic carboxylic acids is 1. The highest BCUT2D eigenvalue weighted by Gasteiger charge is 2.56. The van der Waals surface area contributed by atoms with Crippen LogP contribution in [0.1, 0.15) is 19.8 Å². The fourth-order valence-electron chi connectivity index (χ4n) is 3.89. The molecule has 0 bridgehead atoms. The van der Waals surface area contributed by atoms with Crippen molar-refractivity contribution in [1.82, 2.24) is 10.2 Å². The Balaban J connectivity index is 1.63. The maximum absolute atomic E-state index is 12.2. The Labute approximate surface area is 156 Å². The minimum absolute atomic E-state index is 0.0174. The Morgan fingerprint density at radius 2 is 2.31 bits per heavy atom. The van der Waals surface area contributed by atoms with Gasteiger partial charge in [0.1, 0.15) is 11.5 Å².